The van der Waals surface area contributed by atoms with Crippen molar-refractivity contribution in [2.45, 2.75) is 46.6 Å². The summed E-state index contributed by atoms with van der Waals surface area (Å²) in [5.74, 6) is -1.67. The van der Waals surface area contributed by atoms with Crippen LogP contribution in [0.2, 0.25) is 0 Å². The van der Waals surface area contributed by atoms with E-state index in [1.807, 2.05) is 4.90 Å². The predicted octanol–water partition coefficient (Wildman–Crippen LogP) is 0.561. The quantitative estimate of drug-likeness (QED) is 0.466. The second kappa shape index (κ2) is 17.0. The largest absolute Gasteiger partial charge is 0.481 e. The first-order chi connectivity index (χ1) is 11.7. The van der Waals surface area contributed by atoms with E-state index in [0.29, 0.717) is 12.6 Å². The molecule has 0 aromatic rings. The lowest BCUT2D eigenvalue weighted by Crippen LogP contribution is -2.54. The predicted molar refractivity (Wildman–Crippen MR) is 96.8 cm³/mol. The summed E-state index contributed by atoms with van der Waals surface area (Å²) in [7, 11) is 0. The molecule has 148 valence electrons. The van der Waals surface area contributed by atoms with E-state index in [9.17, 15) is 4.79 Å². The Kier molecular flexibility index (Phi) is 17.2. The van der Waals surface area contributed by atoms with Crippen molar-refractivity contribution in [1.82, 2.24) is 20.9 Å². The Bertz CT molecular complexity index is 348. The maximum atomic E-state index is 11.9. The van der Waals surface area contributed by atoms with Crippen molar-refractivity contribution in [2.24, 2.45) is 0 Å². The SMILES string of the molecule is CC(=O)O.CC(=O)O.CCCN(CCC)C(=O)NCC1CNCCN1. The third-order valence-electron chi connectivity index (χ3n) is 2.90. The molecule has 1 fully saturated rings. The number of nitrogens with zero attached hydrogens (tertiary/aromatic N) is 1. The second-order valence-electron chi connectivity index (χ2n) is 5.57. The number of carboxylic acid groups (broad SMARTS) is 2. The molecule has 1 aliphatic rings. The van der Waals surface area contributed by atoms with Crippen LogP contribution in [-0.2, 0) is 9.59 Å². The summed E-state index contributed by atoms with van der Waals surface area (Å²) in [5, 5.41) is 24.5. The van der Waals surface area contributed by atoms with E-state index in [1.165, 1.54) is 0 Å². The third kappa shape index (κ3) is 20.1. The number of nitrogens with one attached hydrogen (secondary N) is 3. The highest BCUT2D eigenvalue weighted by Crippen LogP contribution is 1.95. The van der Waals surface area contributed by atoms with Gasteiger partial charge in [-0.05, 0) is 12.8 Å². The molecule has 0 aromatic carbocycles. The number of carbonyl (C=O) groups excluding carboxylic acids is 1. The van der Waals surface area contributed by atoms with E-state index in [2.05, 4.69) is 29.8 Å². The molecular weight excluding hydrogens is 328 g/mol. The van der Waals surface area contributed by atoms with Gasteiger partial charge >= 0.3 is 6.03 Å². The van der Waals surface area contributed by atoms with Gasteiger partial charge in [0.2, 0.25) is 0 Å². The Morgan fingerprint density at radius 3 is 1.88 bits per heavy atom. The van der Waals surface area contributed by atoms with Gasteiger partial charge in [-0.3, -0.25) is 9.59 Å². The van der Waals surface area contributed by atoms with Crippen molar-refractivity contribution in [3.63, 3.8) is 0 Å². The molecule has 1 atom stereocenters. The van der Waals surface area contributed by atoms with Crippen LogP contribution in [0.15, 0.2) is 0 Å². The number of carbonyl (C=O) groups is 3. The molecule has 2 amide bonds. The van der Waals surface area contributed by atoms with Crippen LogP contribution >= 0.6 is 0 Å². The first-order valence-electron chi connectivity index (χ1n) is 8.60. The first-order valence-corrected chi connectivity index (χ1v) is 8.60. The maximum Gasteiger partial charge on any atom is 0.317 e. The van der Waals surface area contributed by atoms with Gasteiger partial charge in [0.05, 0.1) is 0 Å². The van der Waals surface area contributed by atoms with Crippen LogP contribution in [-0.4, -0.2) is 78.4 Å². The van der Waals surface area contributed by atoms with Crippen molar-refractivity contribution in [3.05, 3.63) is 0 Å². The fourth-order valence-corrected chi connectivity index (χ4v) is 2.03. The average molecular weight is 362 g/mol. The molecule has 0 spiro atoms. The standard InChI is InChI=1S/C12H26N4O.2C2H4O2/c1-3-7-16(8-4-2)12(17)15-10-11-9-13-5-6-14-11;2*1-2(3)4/h11,13-14H,3-10H2,1-2H3,(H,15,17);2*1H3,(H,3,4). The Balaban J connectivity index is 0. The highest BCUT2D eigenvalue weighted by atomic mass is 16.4. The summed E-state index contributed by atoms with van der Waals surface area (Å²) in [6.07, 6.45) is 2.02. The fraction of sp³-hybridized carbons (Fsp3) is 0.812. The van der Waals surface area contributed by atoms with Gasteiger partial charge in [0.15, 0.2) is 0 Å². The van der Waals surface area contributed by atoms with Crippen LogP contribution in [0.3, 0.4) is 0 Å². The monoisotopic (exact) mass is 362 g/mol. The number of hydrogen-bond donors (Lipinski definition) is 5. The van der Waals surface area contributed by atoms with Crippen LogP contribution in [0.1, 0.15) is 40.5 Å². The number of piperazine rings is 1. The number of hydrogen-bond acceptors (Lipinski definition) is 5. The Morgan fingerprint density at radius 2 is 1.52 bits per heavy atom. The molecule has 5 N–H and O–H groups in total. The molecule has 1 saturated heterocycles. The van der Waals surface area contributed by atoms with Gasteiger partial charge in [-0.2, -0.15) is 0 Å². The number of urea groups is 1. The molecule has 1 unspecified atom stereocenters. The minimum absolute atomic E-state index is 0.0704. The zero-order valence-electron chi connectivity index (χ0n) is 15.8. The average Bonchev–Trinajstić information content (AvgIpc) is 2.52. The van der Waals surface area contributed by atoms with Crippen LogP contribution < -0.4 is 16.0 Å². The van der Waals surface area contributed by atoms with Crippen molar-refractivity contribution < 1.29 is 24.6 Å². The molecular formula is C16H34N4O5. The first kappa shape index (κ1) is 25.4. The summed E-state index contributed by atoms with van der Waals surface area (Å²) in [6, 6.07) is 0.430. The zero-order chi connectivity index (χ0) is 19.7. The van der Waals surface area contributed by atoms with Gasteiger partial charge < -0.3 is 31.1 Å². The molecule has 0 aromatic heterocycles. The number of rotatable bonds is 6. The van der Waals surface area contributed by atoms with Crippen LogP contribution in [0.25, 0.3) is 0 Å². The highest BCUT2D eigenvalue weighted by molar-refractivity contribution is 5.74. The number of carboxylic acids is 2. The van der Waals surface area contributed by atoms with Crippen molar-refractivity contribution in [2.75, 3.05) is 39.3 Å². The van der Waals surface area contributed by atoms with Crippen LogP contribution in [0, 0.1) is 0 Å². The molecule has 0 bridgehead atoms. The molecule has 9 nitrogen and oxygen atoms in total. The maximum absolute atomic E-state index is 11.9. The van der Waals surface area contributed by atoms with E-state index < -0.39 is 11.9 Å². The van der Waals surface area contributed by atoms with Gasteiger partial charge in [0, 0.05) is 59.2 Å². The molecule has 9 heteroatoms. The van der Waals surface area contributed by atoms with Crippen LogP contribution in [0.5, 0.6) is 0 Å². The minimum Gasteiger partial charge on any atom is -0.481 e. The van der Waals surface area contributed by atoms with Crippen molar-refractivity contribution in [1.29, 1.82) is 0 Å². The molecule has 0 radical (unpaired) electrons. The van der Waals surface area contributed by atoms with Crippen molar-refractivity contribution in [3.8, 4) is 0 Å². The lowest BCUT2D eigenvalue weighted by atomic mass is 10.2. The summed E-state index contributed by atoms with van der Waals surface area (Å²) in [5.41, 5.74) is 0. The number of amides is 2. The Morgan fingerprint density at radius 1 is 1.04 bits per heavy atom. The van der Waals surface area contributed by atoms with Gasteiger partial charge in [-0.25, -0.2) is 4.79 Å². The van der Waals surface area contributed by atoms with Crippen molar-refractivity contribution >= 4 is 18.0 Å². The lowest BCUT2D eigenvalue weighted by molar-refractivity contribution is -0.135. The third-order valence-corrected chi connectivity index (χ3v) is 2.90. The fourth-order valence-electron chi connectivity index (χ4n) is 2.03. The van der Waals surface area contributed by atoms with E-state index in [1.54, 1.807) is 0 Å². The Hall–Kier alpha value is -1.87. The topological polar surface area (TPSA) is 131 Å². The van der Waals surface area contributed by atoms with Gasteiger partial charge in [-0.1, -0.05) is 13.8 Å². The highest BCUT2D eigenvalue weighted by Gasteiger charge is 2.15. The zero-order valence-corrected chi connectivity index (χ0v) is 15.8. The number of aliphatic carboxylic acids is 2. The summed E-state index contributed by atoms with van der Waals surface area (Å²) in [6.45, 7) is 11.7. The van der Waals surface area contributed by atoms with Gasteiger partial charge in [0.1, 0.15) is 0 Å². The molecule has 1 heterocycles. The molecule has 1 aliphatic heterocycles. The molecule has 0 saturated carbocycles. The summed E-state index contributed by atoms with van der Waals surface area (Å²) < 4.78 is 0. The van der Waals surface area contributed by atoms with Gasteiger partial charge in [0.25, 0.3) is 11.9 Å². The Labute approximate surface area is 150 Å². The summed E-state index contributed by atoms with van der Waals surface area (Å²) >= 11 is 0. The smallest absolute Gasteiger partial charge is 0.317 e. The minimum atomic E-state index is -0.833. The lowest BCUT2D eigenvalue weighted by Gasteiger charge is -2.27. The summed E-state index contributed by atoms with van der Waals surface area (Å²) in [4.78, 5) is 31.8. The van der Waals surface area contributed by atoms with E-state index >= 15 is 0 Å². The molecule has 1 rings (SSSR count). The molecule has 0 aliphatic carbocycles. The van der Waals surface area contributed by atoms with Crippen LogP contribution in [0.4, 0.5) is 4.79 Å². The van der Waals surface area contributed by atoms with E-state index in [-0.39, 0.29) is 6.03 Å². The second-order valence-corrected chi connectivity index (χ2v) is 5.57. The molecule has 25 heavy (non-hydrogen) atoms. The van der Waals surface area contributed by atoms with E-state index in [0.717, 1.165) is 59.4 Å². The van der Waals surface area contributed by atoms with E-state index in [4.69, 9.17) is 19.8 Å². The normalized spacial score (nSPS) is 15.6. The van der Waals surface area contributed by atoms with Gasteiger partial charge in [-0.15, -0.1) is 0 Å².